The van der Waals surface area contributed by atoms with E-state index in [2.05, 4.69) is 17.0 Å². The third-order valence-electron chi connectivity index (χ3n) is 3.39. The van der Waals surface area contributed by atoms with Crippen LogP contribution in [0.5, 0.6) is 0 Å². The molecule has 0 saturated carbocycles. The highest BCUT2D eigenvalue weighted by atomic mass is 16.5. The van der Waals surface area contributed by atoms with Gasteiger partial charge in [-0.3, -0.25) is 4.90 Å². The molecule has 4 nitrogen and oxygen atoms in total. The number of rotatable bonds is 8. The molecule has 0 saturated heterocycles. The normalized spacial score (nSPS) is 13.4. The quantitative estimate of drug-likeness (QED) is 0.810. The van der Waals surface area contributed by atoms with Gasteiger partial charge in [-0.1, -0.05) is 30.3 Å². The summed E-state index contributed by atoms with van der Waals surface area (Å²) in [6, 6.07) is 14.1. The molecular weight excluding hydrogens is 290 g/mol. The van der Waals surface area contributed by atoms with E-state index in [0.29, 0.717) is 19.7 Å². The first-order valence-electron chi connectivity index (χ1n) is 8.03. The zero-order valence-corrected chi connectivity index (χ0v) is 14.2. The fourth-order valence-corrected chi connectivity index (χ4v) is 2.35. The Morgan fingerprint density at radius 3 is 2.43 bits per heavy atom. The van der Waals surface area contributed by atoms with Crippen molar-refractivity contribution in [3.8, 4) is 0 Å². The zero-order valence-electron chi connectivity index (χ0n) is 14.2. The standard InChI is InChI=1S/C19H27NO3/c1-19(2,3)23-15-17(21)13-20(14-18-10-7-11-22-18)12-16-8-5-4-6-9-16/h4-11,17,21H,12-15H2,1-3H3. The van der Waals surface area contributed by atoms with Crippen molar-refractivity contribution in [2.24, 2.45) is 0 Å². The summed E-state index contributed by atoms with van der Waals surface area (Å²) in [5.74, 6) is 0.893. The van der Waals surface area contributed by atoms with Crippen LogP contribution in [-0.2, 0) is 17.8 Å². The number of hydrogen-bond acceptors (Lipinski definition) is 4. The van der Waals surface area contributed by atoms with Crippen LogP contribution in [0, 0.1) is 0 Å². The average molecular weight is 317 g/mol. The molecule has 1 heterocycles. The lowest BCUT2D eigenvalue weighted by atomic mass is 10.2. The summed E-state index contributed by atoms with van der Waals surface area (Å²) in [5.41, 5.74) is 0.967. The van der Waals surface area contributed by atoms with Gasteiger partial charge in [0.15, 0.2) is 0 Å². The van der Waals surface area contributed by atoms with Gasteiger partial charge in [0.25, 0.3) is 0 Å². The largest absolute Gasteiger partial charge is 0.468 e. The van der Waals surface area contributed by atoms with Crippen LogP contribution in [0.4, 0.5) is 0 Å². The van der Waals surface area contributed by atoms with Crippen LogP contribution in [0.15, 0.2) is 53.1 Å². The molecule has 2 rings (SSSR count). The summed E-state index contributed by atoms with van der Waals surface area (Å²) >= 11 is 0. The maximum absolute atomic E-state index is 10.3. The van der Waals surface area contributed by atoms with Crippen molar-refractivity contribution in [1.82, 2.24) is 4.90 Å². The number of benzene rings is 1. The minimum atomic E-state index is -0.534. The maximum atomic E-state index is 10.3. The Morgan fingerprint density at radius 2 is 1.83 bits per heavy atom. The second kappa shape index (κ2) is 8.29. The summed E-state index contributed by atoms with van der Waals surface area (Å²) in [4.78, 5) is 2.17. The van der Waals surface area contributed by atoms with Crippen LogP contribution < -0.4 is 0 Å². The number of aliphatic hydroxyl groups is 1. The topological polar surface area (TPSA) is 45.8 Å². The van der Waals surface area contributed by atoms with E-state index in [0.717, 1.165) is 12.3 Å². The first kappa shape index (κ1) is 17.7. The summed E-state index contributed by atoms with van der Waals surface area (Å²) in [6.07, 6.45) is 1.14. The molecular formula is C19H27NO3. The lowest BCUT2D eigenvalue weighted by Gasteiger charge is -2.27. The molecule has 0 spiro atoms. The van der Waals surface area contributed by atoms with Gasteiger partial charge in [-0.05, 0) is 38.5 Å². The first-order valence-corrected chi connectivity index (χ1v) is 8.03. The smallest absolute Gasteiger partial charge is 0.117 e. The number of ether oxygens (including phenoxy) is 1. The third kappa shape index (κ3) is 6.99. The molecule has 1 unspecified atom stereocenters. The molecule has 4 heteroatoms. The molecule has 126 valence electrons. The second-order valence-corrected chi connectivity index (χ2v) is 6.81. The van der Waals surface area contributed by atoms with Crippen molar-refractivity contribution in [1.29, 1.82) is 0 Å². The summed E-state index contributed by atoms with van der Waals surface area (Å²) < 4.78 is 11.1. The molecule has 0 radical (unpaired) electrons. The highest BCUT2D eigenvalue weighted by Gasteiger charge is 2.17. The van der Waals surface area contributed by atoms with E-state index in [4.69, 9.17) is 9.15 Å². The van der Waals surface area contributed by atoms with E-state index in [1.807, 2.05) is 51.1 Å². The maximum Gasteiger partial charge on any atom is 0.117 e. The van der Waals surface area contributed by atoms with Gasteiger partial charge in [-0.15, -0.1) is 0 Å². The van der Waals surface area contributed by atoms with Gasteiger partial charge in [0.2, 0.25) is 0 Å². The van der Waals surface area contributed by atoms with Gasteiger partial charge in [0.05, 0.1) is 31.1 Å². The molecule has 1 N–H and O–H groups in total. The van der Waals surface area contributed by atoms with Crippen LogP contribution in [0.3, 0.4) is 0 Å². The Kier molecular flexibility index (Phi) is 6.39. The van der Waals surface area contributed by atoms with Crippen molar-refractivity contribution in [3.63, 3.8) is 0 Å². The Balaban J connectivity index is 1.95. The number of aliphatic hydroxyl groups excluding tert-OH is 1. The van der Waals surface area contributed by atoms with Gasteiger partial charge in [-0.2, -0.15) is 0 Å². The molecule has 1 aromatic carbocycles. The minimum Gasteiger partial charge on any atom is -0.468 e. The lowest BCUT2D eigenvalue weighted by molar-refractivity contribution is -0.0576. The van der Waals surface area contributed by atoms with Gasteiger partial charge < -0.3 is 14.3 Å². The van der Waals surface area contributed by atoms with Crippen LogP contribution >= 0.6 is 0 Å². The van der Waals surface area contributed by atoms with Crippen molar-refractivity contribution >= 4 is 0 Å². The molecule has 0 fully saturated rings. The van der Waals surface area contributed by atoms with Crippen molar-refractivity contribution in [2.75, 3.05) is 13.2 Å². The molecule has 0 aliphatic carbocycles. The van der Waals surface area contributed by atoms with E-state index in [-0.39, 0.29) is 5.60 Å². The van der Waals surface area contributed by atoms with E-state index in [9.17, 15) is 5.11 Å². The predicted octanol–water partition coefficient (Wildman–Crippen LogP) is 3.46. The second-order valence-electron chi connectivity index (χ2n) is 6.81. The minimum absolute atomic E-state index is 0.244. The molecule has 1 aromatic heterocycles. The average Bonchev–Trinajstić information content (AvgIpc) is 2.98. The van der Waals surface area contributed by atoms with Crippen molar-refractivity contribution < 1.29 is 14.3 Å². The Hall–Kier alpha value is -1.62. The summed E-state index contributed by atoms with van der Waals surface area (Å²) in [6.45, 7) is 8.25. The Labute approximate surface area is 138 Å². The van der Waals surface area contributed by atoms with E-state index < -0.39 is 6.10 Å². The summed E-state index contributed by atoms with van der Waals surface area (Å²) in [7, 11) is 0. The lowest BCUT2D eigenvalue weighted by Crippen LogP contribution is -2.36. The monoisotopic (exact) mass is 317 g/mol. The highest BCUT2D eigenvalue weighted by Crippen LogP contribution is 2.13. The fourth-order valence-electron chi connectivity index (χ4n) is 2.35. The van der Waals surface area contributed by atoms with Crippen molar-refractivity contribution in [3.05, 3.63) is 60.1 Å². The van der Waals surface area contributed by atoms with E-state index in [1.54, 1.807) is 6.26 Å². The van der Waals surface area contributed by atoms with Gasteiger partial charge in [-0.25, -0.2) is 0 Å². The molecule has 23 heavy (non-hydrogen) atoms. The summed E-state index contributed by atoms with van der Waals surface area (Å²) in [5, 5.41) is 10.3. The number of hydrogen-bond donors (Lipinski definition) is 1. The SMILES string of the molecule is CC(C)(C)OCC(O)CN(Cc1ccccc1)Cc1ccco1. The predicted molar refractivity (Wildman–Crippen MR) is 91.0 cm³/mol. The van der Waals surface area contributed by atoms with Gasteiger partial charge >= 0.3 is 0 Å². The molecule has 0 amide bonds. The van der Waals surface area contributed by atoms with Crippen LogP contribution in [0.2, 0.25) is 0 Å². The van der Waals surface area contributed by atoms with Crippen LogP contribution in [-0.4, -0.2) is 34.9 Å². The Morgan fingerprint density at radius 1 is 1.09 bits per heavy atom. The zero-order chi connectivity index (χ0) is 16.7. The molecule has 0 aliphatic rings. The fraction of sp³-hybridized carbons (Fsp3) is 0.474. The van der Waals surface area contributed by atoms with E-state index >= 15 is 0 Å². The first-order chi connectivity index (χ1) is 10.9. The van der Waals surface area contributed by atoms with Crippen LogP contribution in [0.1, 0.15) is 32.1 Å². The number of furan rings is 1. The third-order valence-corrected chi connectivity index (χ3v) is 3.39. The molecule has 0 bridgehead atoms. The van der Waals surface area contributed by atoms with E-state index in [1.165, 1.54) is 5.56 Å². The van der Waals surface area contributed by atoms with Crippen molar-refractivity contribution in [2.45, 2.75) is 45.6 Å². The van der Waals surface area contributed by atoms with Gasteiger partial charge in [0.1, 0.15) is 5.76 Å². The van der Waals surface area contributed by atoms with Crippen LogP contribution in [0.25, 0.3) is 0 Å². The molecule has 2 aromatic rings. The van der Waals surface area contributed by atoms with Gasteiger partial charge in [0, 0.05) is 13.1 Å². The molecule has 1 atom stereocenters. The Bertz CT molecular complexity index is 546. The highest BCUT2D eigenvalue weighted by molar-refractivity contribution is 5.14. The molecule has 0 aliphatic heterocycles. The number of nitrogens with zero attached hydrogens (tertiary/aromatic N) is 1.